The first-order valence-corrected chi connectivity index (χ1v) is 18.8. The highest BCUT2D eigenvalue weighted by atomic mass is 16.5. The number of H-pyrrole nitrogens is 2. The van der Waals surface area contributed by atoms with Gasteiger partial charge in [0.2, 0.25) is 11.8 Å². The molecular formula is C40H46N10O6. The number of benzene rings is 2. The van der Waals surface area contributed by atoms with E-state index in [1.165, 1.54) is 14.2 Å². The monoisotopic (exact) mass is 762 g/mol. The van der Waals surface area contributed by atoms with Gasteiger partial charge >= 0.3 is 12.2 Å². The topological polar surface area (TPSA) is 203 Å². The van der Waals surface area contributed by atoms with E-state index in [9.17, 15) is 24.3 Å². The summed E-state index contributed by atoms with van der Waals surface area (Å²) in [5, 5.41) is 12.1. The zero-order valence-corrected chi connectivity index (χ0v) is 32.0. The largest absolute Gasteiger partial charge is 0.465 e. The fourth-order valence-corrected chi connectivity index (χ4v) is 7.80. The summed E-state index contributed by atoms with van der Waals surface area (Å²) >= 11 is 0. The second kappa shape index (κ2) is 15.8. The van der Waals surface area contributed by atoms with Gasteiger partial charge in [0, 0.05) is 43.0 Å². The van der Waals surface area contributed by atoms with E-state index in [2.05, 4.69) is 25.0 Å². The van der Waals surface area contributed by atoms with Crippen LogP contribution in [-0.4, -0.2) is 113 Å². The average molecular weight is 763 g/mol. The number of likely N-dealkylation sites (tertiary alicyclic amines) is 2. The van der Waals surface area contributed by atoms with Gasteiger partial charge in [-0.05, 0) is 50.7 Å². The number of rotatable bonds is 10. The van der Waals surface area contributed by atoms with Crippen molar-refractivity contribution in [3.63, 3.8) is 0 Å². The number of nitrogens with zero attached hydrogens (tertiary/aromatic N) is 7. The molecule has 0 unspecified atom stereocenters. The SMILES string of the molecule is COC(=O)N[C@H](C)C(=O)N1CCC[C@H]1c1ncc(-c2ccc3nc(-c4ccc(-c5c[nH]c([C@@H]6CCCN6C(=O)[C@H](C(C)C)N(C)C(=O)O)n5)cc4)cnc3c2)[nH]1. The normalized spacial score (nSPS) is 18.0. The summed E-state index contributed by atoms with van der Waals surface area (Å²) < 4.78 is 4.64. The van der Waals surface area contributed by atoms with Crippen LogP contribution in [0, 0.1) is 5.92 Å². The highest BCUT2D eigenvalue weighted by Gasteiger charge is 2.40. The number of ether oxygens (including phenoxy) is 1. The summed E-state index contributed by atoms with van der Waals surface area (Å²) in [6.45, 7) is 6.47. The van der Waals surface area contributed by atoms with Crippen LogP contribution < -0.4 is 5.32 Å². The molecule has 0 radical (unpaired) electrons. The predicted octanol–water partition coefficient (Wildman–Crippen LogP) is 5.78. The average Bonchev–Trinajstić information content (AvgIpc) is 4.04. The number of fused-ring (bicyclic) bond motifs is 1. The van der Waals surface area contributed by atoms with Gasteiger partial charge in [0.15, 0.2) is 0 Å². The van der Waals surface area contributed by atoms with E-state index in [4.69, 9.17) is 15.0 Å². The number of methoxy groups -OCH3 is 1. The van der Waals surface area contributed by atoms with Crippen LogP contribution in [0.2, 0.25) is 0 Å². The molecule has 4 N–H and O–H groups in total. The molecule has 3 aromatic heterocycles. The molecule has 56 heavy (non-hydrogen) atoms. The van der Waals surface area contributed by atoms with Crippen molar-refractivity contribution in [3.05, 3.63) is 72.7 Å². The molecule has 2 aliphatic rings. The van der Waals surface area contributed by atoms with Gasteiger partial charge in [-0.25, -0.2) is 24.5 Å². The number of alkyl carbamates (subject to hydrolysis) is 1. The Morgan fingerprint density at radius 1 is 0.839 bits per heavy atom. The molecule has 2 saturated heterocycles. The molecule has 16 heteroatoms. The van der Waals surface area contributed by atoms with Gasteiger partial charge < -0.3 is 34.9 Å². The minimum Gasteiger partial charge on any atom is -0.465 e. The van der Waals surface area contributed by atoms with Gasteiger partial charge in [-0.15, -0.1) is 0 Å². The molecule has 4 amide bonds. The van der Waals surface area contributed by atoms with E-state index >= 15 is 0 Å². The molecule has 4 atom stereocenters. The van der Waals surface area contributed by atoms with E-state index < -0.39 is 24.3 Å². The molecule has 5 aromatic rings. The summed E-state index contributed by atoms with van der Waals surface area (Å²) in [6.07, 6.45) is 6.69. The second-order valence-corrected chi connectivity index (χ2v) is 14.7. The van der Waals surface area contributed by atoms with Crippen molar-refractivity contribution >= 4 is 35.0 Å². The Kier molecular flexibility index (Phi) is 10.7. The molecular weight excluding hydrogens is 717 g/mol. The molecule has 2 aliphatic heterocycles. The highest BCUT2D eigenvalue weighted by Crippen LogP contribution is 2.35. The Morgan fingerprint density at radius 2 is 1.48 bits per heavy atom. The molecule has 5 heterocycles. The number of aromatic nitrogens is 6. The molecule has 292 valence electrons. The zero-order valence-electron chi connectivity index (χ0n) is 32.0. The lowest BCUT2D eigenvalue weighted by Gasteiger charge is -2.33. The van der Waals surface area contributed by atoms with Crippen LogP contribution in [0.4, 0.5) is 9.59 Å². The van der Waals surface area contributed by atoms with Crippen molar-refractivity contribution in [3.8, 4) is 33.8 Å². The molecule has 2 aromatic carbocycles. The molecule has 16 nitrogen and oxygen atoms in total. The van der Waals surface area contributed by atoms with Crippen LogP contribution in [0.15, 0.2) is 61.1 Å². The van der Waals surface area contributed by atoms with Crippen molar-refractivity contribution in [2.75, 3.05) is 27.2 Å². The number of amides is 4. The number of nitrogens with one attached hydrogen (secondary N) is 3. The third kappa shape index (κ3) is 7.50. The first kappa shape index (κ1) is 38.0. The lowest BCUT2D eigenvalue weighted by molar-refractivity contribution is -0.138. The third-order valence-corrected chi connectivity index (χ3v) is 10.7. The minimum atomic E-state index is -1.13. The maximum Gasteiger partial charge on any atom is 0.407 e. The Morgan fingerprint density at radius 3 is 2.14 bits per heavy atom. The summed E-state index contributed by atoms with van der Waals surface area (Å²) in [7, 11) is 2.70. The van der Waals surface area contributed by atoms with Crippen LogP contribution in [0.3, 0.4) is 0 Å². The van der Waals surface area contributed by atoms with E-state index in [0.717, 1.165) is 75.4 Å². The van der Waals surface area contributed by atoms with Crippen molar-refractivity contribution in [1.82, 2.24) is 49.9 Å². The number of likely N-dealkylation sites (N-methyl/N-ethyl adjacent to an activating group) is 1. The van der Waals surface area contributed by atoms with Gasteiger partial charge in [0.25, 0.3) is 0 Å². The van der Waals surface area contributed by atoms with Gasteiger partial charge in [-0.1, -0.05) is 44.2 Å². The Bertz CT molecular complexity index is 2250. The smallest absolute Gasteiger partial charge is 0.407 e. The van der Waals surface area contributed by atoms with Gasteiger partial charge in [-0.3, -0.25) is 19.5 Å². The number of imidazole rings is 2. The Balaban J connectivity index is 1.03. The lowest BCUT2D eigenvalue weighted by atomic mass is 10.0. The molecule has 0 aliphatic carbocycles. The maximum atomic E-state index is 13.6. The standard InChI is InChI=1S/C40H46N10O6/c1-22(2)34(48(4)40(54)55)38(52)50-17-7-9-33(50)36-42-20-30(46-36)25-12-10-24(11-13-25)29-19-41-28-18-26(14-15-27(28)45-29)31-21-43-35(47-31)32-8-6-16-49(32)37(51)23(3)44-39(53)56-5/h10-15,18-23,32-34H,6-9,16-17H2,1-5H3,(H,42,46)(H,43,47)(H,44,53)(H,54,55)/t23-,32+,33+,34+/m1/s1. The first-order chi connectivity index (χ1) is 26.9. The van der Waals surface area contributed by atoms with Gasteiger partial charge in [0.05, 0.1) is 59.7 Å². The van der Waals surface area contributed by atoms with E-state index in [-0.39, 0.29) is 29.8 Å². The Labute approximate surface area is 323 Å². The van der Waals surface area contributed by atoms with Crippen LogP contribution in [-0.2, 0) is 14.3 Å². The molecule has 2 fully saturated rings. The van der Waals surface area contributed by atoms with Crippen molar-refractivity contribution < 1.29 is 29.0 Å². The summed E-state index contributed by atoms with van der Waals surface area (Å²) in [5.74, 6) is 0.783. The molecule has 0 saturated carbocycles. The van der Waals surface area contributed by atoms with Crippen LogP contribution in [0.1, 0.15) is 70.2 Å². The number of hydrogen-bond donors (Lipinski definition) is 4. The minimum absolute atomic E-state index is 0.180. The summed E-state index contributed by atoms with van der Waals surface area (Å²) in [4.78, 5) is 80.4. The van der Waals surface area contributed by atoms with E-state index in [0.29, 0.717) is 24.7 Å². The fraction of sp³-hybridized carbons (Fsp3) is 0.400. The first-order valence-electron chi connectivity index (χ1n) is 18.8. The van der Waals surface area contributed by atoms with E-state index in [1.807, 2.05) is 62.5 Å². The predicted molar refractivity (Wildman–Crippen MR) is 207 cm³/mol. The number of carboxylic acid groups (broad SMARTS) is 1. The van der Waals surface area contributed by atoms with Crippen molar-refractivity contribution in [2.24, 2.45) is 5.92 Å². The fourth-order valence-electron chi connectivity index (χ4n) is 7.80. The number of hydrogen-bond acceptors (Lipinski definition) is 9. The van der Waals surface area contributed by atoms with Gasteiger partial charge in [-0.2, -0.15) is 0 Å². The second-order valence-electron chi connectivity index (χ2n) is 14.7. The summed E-state index contributed by atoms with van der Waals surface area (Å²) in [6, 6.07) is 11.8. The van der Waals surface area contributed by atoms with Crippen molar-refractivity contribution in [2.45, 2.75) is 70.6 Å². The Hall–Kier alpha value is -6.32. The van der Waals surface area contributed by atoms with Crippen LogP contribution in [0.25, 0.3) is 44.8 Å². The summed E-state index contributed by atoms with van der Waals surface area (Å²) in [5.41, 5.74) is 6.38. The third-order valence-electron chi connectivity index (χ3n) is 10.7. The lowest BCUT2D eigenvalue weighted by Crippen LogP contribution is -2.51. The number of aromatic amines is 2. The number of carbonyl (C=O) groups is 4. The molecule has 7 rings (SSSR count). The number of carbonyl (C=O) groups excluding carboxylic acids is 3. The zero-order chi connectivity index (χ0) is 39.7. The maximum absolute atomic E-state index is 13.6. The van der Waals surface area contributed by atoms with Crippen molar-refractivity contribution in [1.29, 1.82) is 0 Å². The van der Waals surface area contributed by atoms with Crippen LogP contribution in [0.5, 0.6) is 0 Å². The van der Waals surface area contributed by atoms with E-state index in [1.54, 1.807) is 29.1 Å². The van der Waals surface area contributed by atoms with Gasteiger partial charge in [0.1, 0.15) is 23.7 Å². The quantitative estimate of drug-likeness (QED) is 0.135. The molecule has 0 bridgehead atoms. The highest BCUT2D eigenvalue weighted by molar-refractivity contribution is 5.87. The molecule has 0 spiro atoms. The van der Waals surface area contributed by atoms with Crippen LogP contribution >= 0.6 is 0 Å².